The summed E-state index contributed by atoms with van der Waals surface area (Å²) < 4.78 is 22.7. The molecule has 3 rings (SSSR count). The van der Waals surface area contributed by atoms with Crippen LogP contribution in [-0.2, 0) is 14.8 Å². The van der Waals surface area contributed by atoms with E-state index in [4.69, 9.17) is 5.14 Å². The van der Waals surface area contributed by atoms with Gasteiger partial charge < -0.3 is 10.6 Å². The maximum Gasteiger partial charge on any atom is 0.282 e. The van der Waals surface area contributed by atoms with Crippen LogP contribution in [0, 0.1) is 6.92 Å². The zero-order valence-corrected chi connectivity index (χ0v) is 17.8. The van der Waals surface area contributed by atoms with Crippen molar-refractivity contribution in [2.24, 2.45) is 5.14 Å². The molecule has 0 radical (unpaired) electrons. The molecular formula is C23H26N3O3S+. The minimum Gasteiger partial charge on any atom is -0.326 e. The number of carbonyl (C=O) groups is 1. The van der Waals surface area contributed by atoms with Crippen LogP contribution in [0.15, 0.2) is 83.8 Å². The second-order valence-electron chi connectivity index (χ2n) is 7.34. The molecule has 1 amide bonds. The number of carbonyl (C=O) groups excluding carboxylic acids is 1. The summed E-state index contributed by atoms with van der Waals surface area (Å²) in [6.07, 6.45) is 0. The third kappa shape index (κ3) is 5.54. The molecule has 0 aliphatic rings. The van der Waals surface area contributed by atoms with E-state index in [-0.39, 0.29) is 22.9 Å². The van der Waals surface area contributed by atoms with Gasteiger partial charge in [0.1, 0.15) is 6.04 Å². The molecule has 156 valence electrons. The largest absolute Gasteiger partial charge is 0.326 e. The molecule has 3 aromatic carbocycles. The first-order chi connectivity index (χ1) is 14.2. The minimum absolute atomic E-state index is 0.00335. The van der Waals surface area contributed by atoms with Gasteiger partial charge in [0.15, 0.2) is 6.04 Å². The van der Waals surface area contributed by atoms with Crippen molar-refractivity contribution >= 4 is 21.6 Å². The topological polar surface area (TPSA) is 106 Å². The molecule has 0 spiro atoms. The molecule has 0 unspecified atom stereocenters. The first kappa shape index (κ1) is 21.7. The van der Waals surface area contributed by atoms with Gasteiger partial charge in [-0.05, 0) is 38.1 Å². The first-order valence-corrected chi connectivity index (χ1v) is 11.2. The summed E-state index contributed by atoms with van der Waals surface area (Å²) in [6.45, 7) is 3.89. The molecule has 0 bridgehead atoms. The van der Waals surface area contributed by atoms with E-state index in [1.807, 2.05) is 37.4 Å². The van der Waals surface area contributed by atoms with Crippen LogP contribution in [-0.4, -0.2) is 20.4 Å². The van der Waals surface area contributed by atoms with Crippen molar-refractivity contribution in [3.63, 3.8) is 0 Å². The highest BCUT2D eigenvalue weighted by atomic mass is 32.2. The first-order valence-electron chi connectivity index (χ1n) is 9.64. The lowest BCUT2D eigenvalue weighted by Gasteiger charge is -2.21. The van der Waals surface area contributed by atoms with Crippen LogP contribution in [0.3, 0.4) is 0 Å². The van der Waals surface area contributed by atoms with Crippen molar-refractivity contribution in [3.8, 4) is 0 Å². The zero-order valence-electron chi connectivity index (χ0n) is 16.9. The minimum atomic E-state index is -3.76. The molecule has 0 aromatic heterocycles. The number of nitrogens with one attached hydrogen (secondary N) is 1. The van der Waals surface area contributed by atoms with Gasteiger partial charge in [-0.3, -0.25) is 4.79 Å². The summed E-state index contributed by atoms with van der Waals surface area (Å²) in [7, 11) is -3.76. The fourth-order valence-corrected chi connectivity index (χ4v) is 3.72. The smallest absolute Gasteiger partial charge is 0.282 e. The number of aryl methyl sites for hydroxylation is 1. The number of hydrogen-bond donors (Lipinski definition) is 3. The number of nitrogens with two attached hydrogens (primary N) is 2. The Labute approximate surface area is 177 Å². The van der Waals surface area contributed by atoms with Crippen molar-refractivity contribution in [2.75, 3.05) is 5.32 Å². The molecule has 5 N–H and O–H groups in total. The maximum absolute atomic E-state index is 12.8. The van der Waals surface area contributed by atoms with Crippen molar-refractivity contribution in [2.45, 2.75) is 30.8 Å². The van der Waals surface area contributed by atoms with Gasteiger partial charge in [-0.2, -0.15) is 0 Å². The SMILES string of the molecule is Cc1ccc([C@H]([NH2+][C@@H](C)C(=O)Nc2ccc(S(N)(=O)=O)cc2)c2ccccc2)cc1. The Morgan fingerprint density at radius 2 is 1.47 bits per heavy atom. The van der Waals surface area contributed by atoms with Crippen molar-refractivity contribution < 1.29 is 18.5 Å². The normalized spacial score (nSPS) is 13.4. The molecule has 30 heavy (non-hydrogen) atoms. The summed E-state index contributed by atoms with van der Waals surface area (Å²) in [5.74, 6) is -0.175. The Bertz CT molecular complexity index is 1100. The van der Waals surface area contributed by atoms with E-state index in [0.717, 1.165) is 11.1 Å². The quantitative estimate of drug-likeness (QED) is 0.542. The monoisotopic (exact) mass is 424 g/mol. The van der Waals surface area contributed by atoms with Gasteiger partial charge in [-0.1, -0.05) is 60.2 Å². The number of benzene rings is 3. The van der Waals surface area contributed by atoms with Crippen LogP contribution in [0.4, 0.5) is 5.69 Å². The molecule has 0 saturated heterocycles. The lowest BCUT2D eigenvalue weighted by molar-refractivity contribution is -0.704. The average Bonchev–Trinajstić information content (AvgIpc) is 2.73. The predicted octanol–water partition coefficient (Wildman–Crippen LogP) is 2.32. The fourth-order valence-electron chi connectivity index (χ4n) is 3.21. The molecular weight excluding hydrogens is 398 g/mol. The fraction of sp³-hybridized carbons (Fsp3) is 0.174. The van der Waals surface area contributed by atoms with Gasteiger partial charge in [0.25, 0.3) is 5.91 Å². The summed E-state index contributed by atoms with van der Waals surface area (Å²) in [5, 5.41) is 9.96. The third-order valence-electron chi connectivity index (χ3n) is 4.94. The summed E-state index contributed by atoms with van der Waals surface area (Å²) in [5.41, 5.74) is 3.92. The molecule has 0 aliphatic carbocycles. The highest BCUT2D eigenvalue weighted by molar-refractivity contribution is 7.89. The number of anilines is 1. The highest BCUT2D eigenvalue weighted by Gasteiger charge is 2.25. The van der Waals surface area contributed by atoms with E-state index in [1.165, 1.54) is 29.8 Å². The van der Waals surface area contributed by atoms with Gasteiger partial charge in [0.2, 0.25) is 10.0 Å². The molecule has 0 saturated carbocycles. The van der Waals surface area contributed by atoms with Gasteiger partial charge in [-0.15, -0.1) is 0 Å². The van der Waals surface area contributed by atoms with E-state index in [0.29, 0.717) is 5.69 Å². The lowest BCUT2D eigenvalue weighted by Crippen LogP contribution is -2.92. The Kier molecular flexibility index (Phi) is 6.66. The van der Waals surface area contributed by atoms with Gasteiger partial charge in [-0.25, -0.2) is 13.6 Å². The van der Waals surface area contributed by atoms with Crippen molar-refractivity contribution in [3.05, 3.63) is 95.6 Å². The Hall–Kier alpha value is -3.00. The van der Waals surface area contributed by atoms with Crippen LogP contribution < -0.4 is 15.8 Å². The molecule has 6 nitrogen and oxygen atoms in total. The van der Waals surface area contributed by atoms with Crippen LogP contribution in [0.5, 0.6) is 0 Å². The van der Waals surface area contributed by atoms with Crippen LogP contribution in [0.2, 0.25) is 0 Å². The molecule has 0 fully saturated rings. The number of sulfonamides is 1. The van der Waals surface area contributed by atoms with Gasteiger partial charge >= 0.3 is 0 Å². The van der Waals surface area contributed by atoms with Crippen LogP contribution in [0.1, 0.15) is 29.7 Å². The standard InChI is InChI=1S/C23H25N3O3S/c1-16-8-10-19(11-9-16)22(18-6-4-3-5-7-18)25-17(2)23(27)26-20-12-14-21(15-13-20)30(24,28)29/h3-15,17,22,25H,1-2H3,(H,26,27)(H2,24,28,29)/p+1/t17-,22+/m0/s1. The molecule has 0 heterocycles. The van der Waals surface area contributed by atoms with E-state index < -0.39 is 10.0 Å². The average molecular weight is 425 g/mol. The van der Waals surface area contributed by atoms with E-state index in [1.54, 1.807) is 0 Å². The molecule has 2 atom stereocenters. The summed E-state index contributed by atoms with van der Waals surface area (Å²) in [6, 6.07) is 23.7. The van der Waals surface area contributed by atoms with Crippen LogP contribution in [0.25, 0.3) is 0 Å². The lowest BCUT2D eigenvalue weighted by atomic mass is 9.97. The Morgan fingerprint density at radius 1 is 0.900 bits per heavy atom. The maximum atomic E-state index is 12.8. The number of hydrogen-bond acceptors (Lipinski definition) is 3. The zero-order chi connectivity index (χ0) is 21.7. The Morgan fingerprint density at radius 3 is 2.03 bits per heavy atom. The number of quaternary nitrogens is 1. The van der Waals surface area contributed by atoms with E-state index in [2.05, 4.69) is 41.7 Å². The van der Waals surface area contributed by atoms with Crippen molar-refractivity contribution in [1.29, 1.82) is 0 Å². The van der Waals surface area contributed by atoms with E-state index >= 15 is 0 Å². The molecule has 0 aliphatic heterocycles. The number of rotatable bonds is 7. The second kappa shape index (κ2) is 9.21. The Balaban J connectivity index is 1.75. The van der Waals surface area contributed by atoms with Crippen molar-refractivity contribution in [1.82, 2.24) is 0 Å². The van der Waals surface area contributed by atoms with E-state index in [9.17, 15) is 13.2 Å². The summed E-state index contributed by atoms with van der Waals surface area (Å²) >= 11 is 0. The molecule has 7 heteroatoms. The highest BCUT2D eigenvalue weighted by Crippen LogP contribution is 2.19. The third-order valence-corrected chi connectivity index (χ3v) is 5.87. The van der Waals surface area contributed by atoms with Gasteiger partial charge in [0, 0.05) is 16.8 Å². The summed E-state index contributed by atoms with van der Waals surface area (Å²) in [4.78, 5) is 12.8. The van der Waals surface area contributed by atoms with Crippen LogP contribution >= 0.6 is 0 Å². The number of amides is 1. The number of primary sulfonamides is 1. The second-order valence-corrected chi connectivity index (χ2v) is 8.90. The van der Waals surface area contributed by atoms with Gasteiger partial charge in [0.05, 0.1) is 4.90 Å². The molecule has 3 aromatic rings. The predicted molar refractivity (Wildman–Crippen MR) is 117 cm³/mol.